The fourth-order valence-electron chi connectivity index (χ4n) is 1.52. The molecule has 0 aliphatic heterocycles. The molecular weight excluding hydrogens is 295 g/mol. The van der Waals surface area contributed by atoms with Gasteiger partial charge in [0.15, 0.2) is 0 Å². The summed E-state index contributed by atoms with van der Waals surface area (Å²) in [6.07, 6.45) is -4.27. The third-order valence-electron chi connectivity index (χ3n) is 2.61. The van der Waals surface area contributed by atoms with Gasteiger partial charge in [-0.25, -0.2) is 0 Å². The van der Waals surface area contributed by atoms with E-state index in [1.807, 2.05) is 0 Å². The smallest absolute Gasteiger partial charge is 0.419 e. The van der Waals surface area contributed by atoms with Crippen molar-refractivity contribution < 1.29 is 22.7 Å². The van der Waals surface area contributed by atoms with Crippen molar-refractivity contribution in [1.29, 1.82) is 0 Å². The summed E-state index contributed by atoms with van der Waals surface area (Å²) in [4.78, 5) is 12.8. The van der Waals surface area contributed by atoms with Gasteiger partial charge in [0.2, 0.25) is 5.91 Å². The average Bonchev–Trinajstić information content (AvgIpc) is 2.38. The maximum Gasteiger partial charge on any atom is 0.419 e. The van der Waals surface area contributed by atoms with Crippen LogP contribution >= 0.6 is 11.6 Å². The van der Waals surface area contributed by atoms with Crippen LogP contribution in [0.1, 0.15) is 12.0 Å². The number of hydrogen-bond acceptors (Lipinski definition) is 2. The number of ether oxygens (including phenoxy) is 1. The monoisotopic (exact) mass is 309 g/mol. The van der Waals surface area contributed by atoms with Crippen molar-refractivity contribution in [2.45, 2.75) is 12.6 Å². The second-order valence-corrected chi connectivity index (χ2v) is 4.47. The van der Waals surface area contributed by atoms with Gasteiger partial charge in [0.25, 0.3) is 0 Å². The SMILES string of the molecule is CN(CCOc1ccccc1C(F)(F)F)C(=O)CCCl. The van der Waals surface area contributed by atoms with E-state index in [1.54, 1.807) is 7.05 Å². The quantitative estimate of drug-likeness (QED) is 0.755. The molecule has 1 aromatic carbocycles. The third-order valence-corrected chi connectivity index (χ3v) is 2.80. The number of hydrogen-bond donors (Lipinski definition) is 0. The number of rotatable bonds is 6. The lowest BCUT2D eigenvalue weighted by atomic mass is 10.2. The second kappa shape index (κ2) is 7.38. The van der Waals surface area contributed by atoms with E-state index in [0.29, 0.717) is 0 Å². The molecule has 3 nitrogen and oxygen atoms in total. The lowest BCUT2D eigenvalue weighted by Crippen LogP contribution is -2.31. The molecule has 7 heteroatoms. The van der Waals surface area contributed by atoms with Crippen molar-refractivity contribution in [2.24, 2.45) is 0 Å². The van der Waals surface area contributed by atoms with E-state index in [9.17, 15) is 18.0 Å². The van der Waals surface area contributed by atoms with Gasteiger partial charge in [0.05, 0.1) is 12.1 Å². The normalized spacial score (nSPS) is 11.2. The fourth-order valence-corrected chi connectivity index (χ4v) is 1.68. The fraction of sp³-hybridized carbons (Fsp3) is 0.462. The number of halogens is 4. The molecule has 0 bridgehead atoms. The van der Waals surface area contributed by atoms with E-state index in [-0.39, 0.29) is 37.1 Å². The molecule has 0 aliphatic carbocycles. The summed E-state index contributed by atoms with van der Waals surface area (Å²) < 4.78 is 43.2. The van der Waals surface area contributed by atoms with Gasteiger partial charge in [-0.05, 0) is 12.1 Å². The summed E-state index contributed by atoms with van der Waals surface area (Å²) in [6.45, 7) is 0.180. The van der Waals surface area contributed by atoms with Crippen LogP contribution in [0.4, 0.5) is 13.2 Å². The molecule has 112 valence electrons. The Hall–Kier alpha value is -1.43. The number of benzene rings is 1. The number of alkyl halides is 4. The van der Waals surface area contributed by atoms with Crippen molar-refractivity contribution >= 4 is 17.5 Å². The van der Waals surface area contributed by atoms with Crippen LogP contribution in [0.5, 0.6) is 5.75 Å². The van der Waals surface area contributed by atoms with E-state index < -0.39 is 11.7 Å². The standard InChI is InChI=1S/C13H15ClF3NO2/c1-18(12(19)6-7-14)8-9-20-11-5-3-2-4-10(11)13(15,16)17/h2-5H,6-9H2,1H3. The Labute approximate surface area is 120 Å². The third kappa shape index (κ3) is 4.92. The summed E-state index contributed by atoms with van der Waals surface area (Å²) in [6, 6.07) is 4.97. The highest BCUT2D eigenvalue weighted by Crippen LogP contribution is 2.35. The Balaban J connectivity index is 2.57. The number of likely N-dealkylation sites (N-methyl/N-ethyl adjacent to an activating group) is 1. The first kappa shape index (κ1) is 16.6. The van der Waals surface area contributed by atoms with Gasteiger partial charge in [0, 0.05) is 19.3 Å². The molecule has 0 fully saturated rings. The summed E-state index contributed by atoms with van der Waals surface area (Å²) >= 11 is 5.44. The molecule has 0 saturated heterocycles. The molecule has 0 saturated carbocycles. The predicted molar refractivity (Wildman–Crippen MR) is 69.9 cm³/mol. The molecule has 0 unspecified atom stereocenters. The Kier molecular flexibility index (Phi) is 6.13. The molecule has 0 radical (unpaired) electrons. The van der Waals surface area contributed by atoms with Crippen LogP contribution < -0.4 is 4.74 Å². The molecule has 0 N–H and O–H groups in total. The number of carbonyl (C=O) groups excluding carboxylic acids is 1. The van der Waals surface area contributed by atoms with Gasteiger partial charge in [-0.3, -0.25) is 4.79 Å². The zero-order valence-electron chi connectivity index (χ0n) is 10.9. The Bertz CT molecular complexity index is 451. The average molecular weight is 310 g/mol. The maximum atomic E-state index is 12.7. The van der Waals surface area contributed by atoms with Gasteiger partial charge in [-0.15, -0.1) is 11.6 Å². The molecule has 1 rings (SSSR count). The second-order valence-electron chi connectivity index (χ2n) is 4.10. The van der Waals surface area contributed by atoms with Crippen molar-refractivity contribution in [3.05, 3.63) is 29.8 Å². The highest BCUT2D eigenvalue weighted by Gasteiger charge is 2.33. The van der Waals surface area contributed by atoms with Crippen LogP contribution in [-0.2, 0) is 11.0 Å². The molecule has 1 aromatic rings. The van der Waals surface area contributed by atoms with Gasteiger partial charge in [-0.2, -0.15) is 13.2 Å². The lowest BCUT2D eigenvalue weighted by molar-refractivity contribution is -0.139. The van der Waals surface area contributed by atoms with Crippen molar-refractivity contribution in [3.8, 4) is 5.75 Å². The first-order chi connectivity index (χ1) is 9.36. The summed E-state index contributed by atoms with van der Waals surface area (Å²) in [5.41, 5.74) is -0.824. The minimum atomic E-state index is -4.46. The first-order valence-electron chi connectivity index (χ1n) is 5.95. The van der Waals surface area contributed by atoms with Crippen LogP contribution in [0.2, 0.25) is 0 Å². The Morgan fingerprint density at radius 3 is 2.60 bits per heavy atom. The van der Waals surface area contributed by atoms with Gasteiger partial charge in [0.1, 0.15) is 12.4 Å². The molecular formula is C13H15ClF3NO2. The highest BCUT2D eigenvalue weighted by atomic mass is 35.5. The van der Waals surface area contributed by atoms with E-state index >= 15 is 0 Å². The number of carbonyl (C=O) groups is 1. The number of para-hydroxylation sites is 1. The summed E-state index contributed by atoms with van der Waals surface area (Å²) in [7, 11) is 1.55. The zero-order chi connectivity index (χ0) is 15.2. The van der Waals surface area contributed by atoms with E-state index in [4.69, 9.17) is 16.3 Å². The van der Waals surface area contributed by atoms with Crippen LogP contribution in [0.25, 0.3) is 0 Å². The predicted octanol–water partition coefficient (Wildman–Crippen LogP) is 3.17. The molecule has 0 aliphatic rings. The Morgan fingerprint density at radius 1 is 1.35 bits per heavy atom. The first-order valence-corrected chi connectivity index (χ1v) is 6.48. The molecule has 20 heavy (non-hydrogen) atoms. The molecule has 1 amide bonds. The summed E-state index contributed by atoms with van der Waals surface area (Å²) in [5.74, 6) is -0.202. The van der Waals surface area contributed by atoms with E-state index in [2.05, 4.69) is 0 Å². The van der Waals surface area contributed by atoms with Gasteiger partial charge < -0.3 is 9.64 Å². The van der Waals surface area contributed by atoms with E-state index in [1.165, 1.54) is 23.1 Å². The molecule has 0 heterocycles. The topological polar surface area (TPSA) is 29.5 Å². The molecule has 0 aromatic heterocycles. The van der Waals surface area contributed by atoms with Crippen LogP contribution in [0, 0.1) is 0 Å². The molecule has 0 atom stereocenters. The van der Waals surface area contributed by atoms with Crippen LogP contribution in [0.3, 0.4) is 0 Å². The largest absolute Gasteiger partial charge is 0.491 e. The van der Waals surface area contributed by atoms with Crippen LogP contribution in [-0.4, -0.2) is 36.9 Å². The Morgan fingerprint density at radius 2 is 2.00 bits per heavy atom. The minimum absolute atomic E-state index is 0.0163. The van der Waals surface area contributed by atoms with Gasteiger partial charge >= 0.3 is 6.18 Å². The van der Waals surface area contributed by atoms with Crippen molar-refractivity contribution in [1.82, 2.24) is 4.90 Å². The zero-order valence-corrected chi connectivity index (χ0v) is 11.7. The van der Waals surface area contributed by atoms with Crippen LogP contribution in [0.15, 0.2) is 24.3 Å². The van der Waals surface area contributed by atoms with Crippen molar-refractivity contribution in [3.63, 3.8) is 0 Å². The highest BCUT2D eigenvalue weighted by molar-refractivity contribution is 6.18. The maximum absolute atomic E-state index is 12.7. The number of amides is 1. The van der Waals surface area contributed by atoms with Crippen molar-refractivity contribution in [2.75, 3.05) is 26.1 Å². The minimum Gasteiger partial charge on any atom is -0.491 e. The number of nitrogens with zero attached hydrogens (tertiary/aromatic N) is 1. The van der Waals surface area contributed by atoms with Gasteiger partial charge in [-0.1, -0.05) is 12.1 Å². The lowest BCUT2D eigenvalue weighted by Gasteiger charge is -2.18. The summed E-state index contributed by atoms with van der Waals surface area (Å²) in [5, 5.41) is 0. The van der Waals surface area contributed by atoms with E-state index in [0.717, 1.165) is 6.07 Å². The molecule has 0 spiro atoms.